The second-order valence-corrected chi connectivity index (χ2v) is 8.32. The fraction of sp³-hybridized carbons (Fsp3) is 0.231. The van der Waals surface area contributed by atoms with Crippen LogP contribution in [0.5, 0.6) is 11.5 Å². The van der Waals surface area contributed by atoms with Gasteiger partial charge in [-0.25, -0.2) is 0 Å². The molecule has 1 heterocycles. The Morgan fingerprint density at radius 1 is 1.00 bits per heavy atom. The fourth-order valence-electron chi connectivity index (χ4n) is 4.17. The summed E-state index contributed by atoms with van der Waals surface area (Å²) in [4.78, 5) is 28.4. The number of methoxy groups -OCH3 is 1. The van der Waals surface area contributed by atoms with Crippen LogP contribution in [-0.4, -0.2) is 30.8 Å². The van der Waals surface area contributed by atoms with Crippen LogP contribution in [0.1, 0.15) is 28.4 Å². The number of fused-ring (bicyclic) bond motifs is 1. The van der Waals surface area contributed by atoms with Gasteiger partial charge in [0.25, 0.3) is 5.91 Å². The van der Waals surface area contributed by atoms with Crippen molar-refractivity contribution in [3.8, 4) is 11.5 Å². The second-order valence-electron chi connectivity index (χ2n) is 8.32. The largest absolute Gasteiger partial charge is 0.573 e. The molecule has 0 aliphatic carbocycles. The molecular weight excluding hydrogens is 461 g/mol. The number of hydrogen-bond acceptors (Lipinski definition) is 4. The Hall–Kier alpha value is -4.01. The van der Waals surface area contributed by atoms with Crippen molar-refractivity contribution in [1.82, 2.24) is 5.32 Å². The lowest BCUT2D eigenvalue weighted by molar-refractivity contribution is -0.274. The first-order chi connectivity index (χ1) is 16.6. The molecule has 9 heteroatoms. The molecule has 182 valence electrons. The van der Waals surface area contributed by atoms with E-state index in [4.69, 9.17) is 4.74 Å². The van der Waals surface area contributed by atoms with Gasteiger partial charge in [-0.1, -0.05) is 30.3 Å². The van der Waals surface area contributed by atoms with Crippen molar-refractivity contribution >= 4 is 17.5 Å². The number of amides is 2. The van der Waals surface area contributed by atoms with Crippen LogP contribution in [-0.2, 0) is 17.8 Å². The number of nitrogens with one attached hydrogen (secondary N) is 1. The minimum absolute atomic E-state index is 0.223. The predicted octanol–water partition coefficient (Wildman–Crippen LogP) is 4.87. The highest BCUT2D eigenvalue weighted by Gasteiger charge is 2.47. The monoisotopic (exact) mass is 484 g/mol. The lowest BCUT2D eigenvalue weighted by Crippen LogP contribution is -2.63. The SMILES string of the molecule is COc1ccc(CNC(=O)C2(C)Cc3ccccc3C(=O)N2c2ccc(OC(F)(F)F)cc2)cc1. The van der Waals surface area contributed by atoms with Crippen LogP contribution in [0.4, 0.5) is 18.9 Å². The third kappa shape index (κ3) is 5.08. The summed E-state index contributed by atoms with van der Waals surface area (Å²) in [5, 5.41) is 2.89. The van der Waals surface area contributed by atoms with Crippen LogP contribution in [0.25, 0.3) is 0 Å². The molecule has 3 aromatic rings. The van der Waals surface area contributed by atoms with Gasteiger partial charge in [-0.3, -0.25) is 14.5 Å². The second kappa shape index (κ2) is 9.32. The van der Waals surface area contributed by atoms with E-state index in [-0.39, 0.29) is 18.7 Å². The van der Waals surface area contributed by atoms with Gasteiger partial charge in [-0.15, -0.1) is 13.2 Å². The number of carbonyl (C=O) groups excluding carboxylic acids is 2. The minimum Gasteiger partial charge on any atom is -0.497 e. The number of hydrogen-bond donors (Lipinski definition) is 1. The maximum Gasteiger partial charge on any atom is 0.573 e. The van der Waals surface area contributed by atoms with Crippen LogP contribution in [0.3, 0.4) is 0 Å². The molecule has 0 radical (unpaired) electrons. The molecule has 1 aliphatic heterocycles. The highest BCUT2D eigenvalue weighted by molar-refractivity contribution is 6.14. The van der Waals surface area contributed by atoms with Crippen molar-refractivity contribution in [3.05, 3.63) is 89.5 Å². The van der Waals surface area contributed by atoms with Gasteiger partial charge < -0.3 is 14.8 Å². The topological polar surface area (TPSA) is 67.9 Å². The van der Waals surface area contributed by atoms with Gasteiger partial charge in [0.15, 0.2) is 0 Å². The molecule has 0 fully saturated rings. The van der Waals surface area contributed by atoms with E-state index < -0.39 is 29.5 Å². The summed E-state index contributed by atoms with van der Waals surface area (Å²) in [5.74, 6) is -0.548. The molecule has 1 aliphatic rings. The molecule has 6 nitrogen and oxygen atoms in total. The molecule has 0 aromatic heterocycles. The standard InChI is InChI=1S/C26H23F3N2O4/c1-25(24(33)30-16-17-7-11-20(34-2)12-8-17)15-18-5-3-4-6-22(18)23(32)31(25)19-9-13-21(14-10-19)35-26(27,28)29/h3-14H,15-16H2,1-2H3,(H,30,33). The van der Waals surface area contributed by atoms with Gasteiger partial charge in [0.1, 0.15) is 17.0 Å². The number of nitrogens with zero attached hydrogens (tertiary/aromatic N) is 1. The Bertz CT molecular complexity index is 1230. The fourth-order valence-corrected chi connectivity index (χ4v) is 4.17. The van der Waals surface area contributed by atoms with Gasteiger partial charge in [0.05, 0.1) is 7.11 Å². The summed E-state index contributed by atoms with van der Waals surface area (Å²) in [7, 11) is 1.56. The average molecular weight is 484 g/mol. The third-order valence-electron chi connectivity index (χ3n) is 5.91. The van der Waals surface area contributed by atoms with Crippen molar-refractivity contribution in [2.24, 2.45) is 0 Å². The average Bonchev–Trinajstić information content (AvgIpc) is 2.83. The summed E-state index contributed by atoms with van der Waals surface area (Å²) in [5.41, 5.74) is 0.938. The molecule has 0 bridgehead atoms. The Kier molecular flexibility index (Phi) is 6.43. The van der Waals surface area contributed by atoms with Crippen LogP contribution in [0.2, 0.25) is 0 Å². The first kappa shape index (κ1) is 24.1. The molecular formula is C26H23F3N2O4. The summed E-state index contributed by atoms with van der Waals surface area (Å²) < 4.78 is 46.8. The van der Waals surface area contributed by atoms with Crippen molar-refractivity contribution in [3.63, 3.8) is 0 Å². The van der Waals surface area contributed by atoms with E-state index in [2.05, 4.69) is 10.1 Å². The van der Waals surface area contributed by atoms with Crippen molar-refractivity contribution in [1.29, 1.82) is 0 Å². The molecule has 0 saturated heterocycles. The predicted molar refractivity (Wildman–Crippen MR) is 123 cm³/mol. The number of carbonyl (C=O) groups is 2. The van der Waals surface area contributed by atoms with Gasteiger partial charge >= 0.3 is 6.36 Å². The van der Waals surface area contributed by atoms with Gasteiger partial charge in [0.2, 0.25) is 5.91 Å². The Morgan fingerprint density at radius 3 is 2.26 bits per heavy atom. The number of halogens is 3. The van der Waals surface area contributed by atoms with Crippen LogP contribution in [0.15, 0.2) is 72.8 Å². The normalized spacial score (nSPS) is 17.5. The molecule has 4 rings (SSSR count). The number of ether oxygens (including phenoxy) is 2. The molecule has 0 saturated carbocycles. The molecule has 3 aromatic carbocycles. The van der Waals surface area contributed by atoms with E-state index in [0.29, 0.717) is 16.9 Å². The van der Waals surface area contributed by atoms with E-state index in [1.165, 1.54) is 17.0 Å². The summed E-state index contributed by atoms with van der Waals surface area (Å²) >= 11 is 0. The zero-order valence-corrected chi connectivity index (χ0v) is 19.1. The Balaban J connectivity index is 1.65. The van der Waals surface area contributed by atoms with Crippen LogP contribution in [0, 0.1) is 0 Å². The third-order valence-corrected chi connectivity index (χ3v) is 5.91. The quantitative estimate of drug-likeness (QED) is 0.542. The van der Waals surface area contributed by atoms with Crippen LogP contribution < -0.4 is 19.7 Å². The lowest BCUT2D eigenvalue weighted by atomic mass is 9.82. The van der Waals surface area contributed by atoms with E-state index in [9.17, 15) is 22.8 Å². The number of rotatable bonds is 6. The van der Waals surface area contributed by atoms with Gasteiger partial charge in [-0.2, -0.15) is 0 Å². The zero-order chi connectivity index (χ0) is 25.2. The first-order valence-electron chi connectivity index (χ1n) is 10.8. The van der Waals surface area contributed by atoms with Crippen molar-refractivity contribution < 1.29 is 32.2 Å². The highest BCUT2D eigenvalue weighted by Crippen LogP contribution is 2.36. The van der Waals surface area contributed by atoms with E-state index >= 15 is 0 Å². The van der Waals surface area contributed by atoms with Crippen LogP contribution >= 0.6 is 0 Å². The smallest absolute Gasteiger partial charge is 0.497 e. The van der Waals surface area contributed by atoms with Gasteiger partial charge in [-0.05, 0) is 60.5 Å². The van der Waals surface area contributed by atoms with Gasteiger partial charge in [0, 0.05) is 24.2 Å². The van der Waals surface area contributed by atoms with E-state index in [1.54, 1.807) is 50.4 Å². The Morgan fingerprint density at radius 2 is 1.63 bits per heavy atom. The first-order valence-corrected chi connectivity index (χ1v) is 10.8. The molecule has 2 amide bonds. The maximum absolute atomic E-state index is 13.5. The minimum atomic E-state index is -4.84. The number of anilines is 1. The summed E-state index contributed by atoms with van der Waals surface area (Å²) in [6, 6.07) is 19.1. The molecule has 1 unspecified atom stereocenters. The van der Waals surface area contributed by atoms with E-state index in [1.807, 2.05) is 12.1 Å². The molecule has 1 N–H and O–H groups in total. The number of benzene rings is 3. The van der Waals surface area contributed by atoms with E-state index in [0.717, 1.165) is 17.7 Å². The number of alkyl halides is 3. The molecule has 35 heavy (non-hydrogen) atoms. The maximum atomic E-state index is 13.5. The molecule has 1 atom stereocenters. The summed E-state index contributed by atoms with van der Waals surface area (Å²) in [6.45, 7) is 1.87. The highest BCUT2D eigenvalue weighted by atomic mass is 19.4. The molecule has 0 spiro atoms. The van der Waals surface area contributed by atoms with Crippen molar-refractivity contribution in [2.45, 2.75) is 31.8 Å². The summed E-state index contributed by atoms with van der Waals surface area (Å²) in [6.07, 6.45) is -4.61. The zero-order valence-electron chi connectivity index (χ0n) is 19.1. The lowest BCUT2D eigenvalue weighted by Gasteiger charge is -2.44. The van der Waals surface area contributed by atoms with Crippen molar-refractivity contribution in [2.75, 3.05) is 12.0 Å². The Labute approximate surface area is 200 Å².